The van der Waals surface area contributed by atoms with Crippen LogP contribution in [0.2, 0.25) is 10.3 Å². The largest absolute Gasteiger partial charge is 0.490 e. The SMILES string of the molecule is CCOC(=O)c1cc(NC(=O)CN2C(=O)S/C(=C/c3ccc(Oc4nc(Cl)ncc4F)c(OCC)c3)C2=O)ccc1Cl. The molecule has 1 fully saturated rings. The van der Waals surface area contributed by atoms with Gasteiger partial charge in [0.25, 0.3) is 17.0 Å². The van der Waals surface area contributed by atoms with Crippen molar-refractivity contribution in [2.75, 3.05) is 25.1 Å². The van der Waals surface area contributed by atoms with Crippen molar-refractivity contribution in [1.82, 2.24) is 14.9 Å². The quantitative estimate of drug-likeness (QED) is 0.161. The maximum absolute atomic E-state index is 14.1. The Morgan fingerprint density at radius 1 is 1.10 bits per heavy atom. The summed E-state index contributed by atoms with van der Waals surface area (Å²) in [7, 11) is 0. The lowest BCUT2D eigenvalue weighted by molar-refractivity contribution is -0.127. The van der Waals surface area contributed by atoms with Crippen LogP contribution in [-0.4, -0.2) is 57.6 Å². The smallest absolute Gasteiger partial charge is 0.339 e. The van der Waals surface area contributed by atoms with Crippen LogP contribution < -0.4 is 14.8 Å². The van der Waals surface area contributed by atoms with Gasteiger partial charge in [-0.2, -0.15) is 9.37 Å². The molecule has 0 atom stereocenters. The van der Waals surface area contributed by atoms with E-state index >= 15 is 0 Å². The van der Waals surface area contributed by atoms with Gasteiger partial charge in [-0.3, -0.25) is 19.3 Å². The van der Waals surface area contributed by atoms with Gasteiger partial charge in [0, 0.05) is 5.69 Å². The van der Waals surface area contributed by atoms with Crippen molar-refractivity contribution >= 4 is 69.8 Å². The number of halogens is 3. The third-order valence-corrected chi connectivity index (χ3v) is 6.79. The predicted octanol–water partition coefficient (Wildman–Crippen LogP) is 5.97. The standard InChI is InChI=1S/C27H21Cl2FN4O7S/c1-3-39-20-9-14(5-8-19(20)41-23-18(30)12-31-26(29)33-23)10-21-24(36)34(27(38)42-21)13-22(35)32-15-6-7-17(28)16(11-15)25(37)40-4-2/h5-12H,3-4,13H2,1-2H3,(H,32,35)/b21-10+. The van der Waals surface area contributed by atoms with E-state index in [9.17, 15) is 23.6 Å². The van der Waals surface area contributed by atoms with Crippen LogP contribution in [0, 0.1) is 5.82 Å². The Bertz CT molecular complexity index is 1600. The molecule has 2 heterocycles. The number of amides is 3. The topological polar surface area (TPSA) is 137 Å². The molecule has 0 unspecified atom stereocenters. The molecule has 1 aliphatic rings. The Morgan fingerprint density at radius 2 is 1.88 bits per heavy atom. The Hall–Kier alpha value is -4.20. The fraction of sp³-hybridized carbons (Fsp3) is 0.185. The minimum atomic E-state index is -0.834. The number of hydrogen-bond acceptors (Lipinski definition) is 10. The molecular formula is C27H21Cl2FN4O7S. The normalized spacial score (nSPS) is 13.8. The highest BCUT2D eigenvalue weighted by atomic mass is 35.5. The number of hydrogen-bond donors (Lipinski definition) is 1. The van der Waals surface area contributed by atoms with Crippen LogP contribution in [0.15, 0.2) is 47.5 Å². The first-order valence-corrected chi connectivity index (χ1v) is 13.8. The van der Waals surface area contributed by atoms with Crippen molar-refractivity contribution < 1.29 is 37.8 Å². The Labute approximate surface area is 252 Å². The van der Waals surface area contributed by atoms with E-state index in [1.165, 1.54) is 36.4 Å². The van der Waals surface area contributed by atoms with E-state index in [1.54, 1.807) is 19.9 Å². The number of rotatable bonds is 10. The van der Waals surface area contributed by atoms with Crippen molar-refractivity contribution in [3.63, 3.8) is 0 Å². The molecule has 1 saturated heterocycles. The number of aromatic nitrogens is 2. The first kappa shape index (κ1) is 30.8. The number of imide groups is 1. The lowest BCUT2D eigenvalue weighted by Crippen LogP contribution is -2.36. The van der Waals surface area contributed by atoms with Crippen LogP contribution in [0.4, 0.5) is 14.9 Å². The molecule has 0 radical (unpaired) electrons. The zero-order chi connectivity index (χ0) is 30.4. The molecule has 1 N–H and O–H groups in total. The van der Waals surface area contributed by atoms with E-state index in [-0.39, 0.29) is 51.2 Å². The maximum atomic E-state index is 14.1. The molecular weight excluding hydrogens is 614 g/mol. The highest BCUT2D eigenvalue weighted by Crippen LogP contribution is 2.36. The number of benzene rings is 2. The number of carbonyl (C=O) groups excluding carboxylic acids is 4. The van der Waals surface area contributed by atoms with Crippen LogP contribution in [0.3, 0.4) is 0 Å². The molecule has 0 spiro atoms. The summed E-state index contributed by atoms with van der Waals surface area (Å²) in [5, 5.41) is 1.82. The van der Waals surface area contributed by atoms with Gasteiger partial charge >= 0.3 is 5.97 Å². The second kappa shape index (κ2) is 13.6. The van der Waals surface area contributed by atoms with Crippen LogP contribution in [0.1, 0.15) is 29.8 Å². The number of nitrogens with zero attached hydrogens (tertiary/aromatic N) is 3. The summed E-state index contributed by atoms with van der Waals surface area (Å²) in [4.78, 5) is 58.4. The van der Waals surface area contributed by atoms with Gasteiger partial charge in [-0.05, 0) is 79.2 Å². The zero-order valence-electron chi connectivity index (χ0n) is 22.0. The number of anilines is 1. The maximum Gasteiger partial charge on any atom is 0.339 e. The first-order valence-electron chi connectivity index (χ1n) is 12.2. The van der Waals surface area contributed by atoms with E-state index in [2.05, 4.69) is 15.3 Å². The van der Waals surface area contributed by atoms with Crippen molar-refractivity contribution in [3.8, 4) is 17.4 Å². The average Bonchev–Trinajstić information content (AvgIpc) is 3.20. The molecule has 218 valence electrons. The molecule has 0 saturated carbocycles. The lowest BCUT2D eigenvalue weighted by atomic mass is 10.2. The van der Waals surface area contributed by atoms with Crippen molar-refractivity contribution in [1.29, 1.82) is 0 Å². The van der Waals surface area contributed by atoms with Crippen molar-refractivity contribution in [3.05, 3.63) is 74.8 Å². The van der Waals surface area contributed by atoms with E-state index in [1.807, 2.05) is 0 Å². The van der Waals surface area contributed by atoms with Gasteiger partial charge in [0.2, 0.25) is 17.0 Å². The van der Waals surface area contributed by atoms with Crippen LogP contribution in [0.5, 0.6) is 17.4 Å². The van der Waals surface area contributed by atoms with Crippen molar-refractivity contribution in [2.45, 2.75) is 13.8 Å². The highest BCUT2D eigenvalue weighted by Gasteiger charge is 2.36. The third kappa shape index (κ3) is 7.35. The number of ether oxygens (including phenoxy) is 3. The minimum absolute atomic E-state index is 0.0548. The van der Waals surface area contributed by atoms with Crippen LogP contribution >= 0.6 is 35.0 Å². The Balaban J connectivity index is 1.47. The van der Waals surface area contributed by atoms with Gasteiger partial charge in [-0.15, -0.1) is 0 Å². The van der Waals surface area contributed by atoms with E-state index in [0.29, 0.717) is 17.3 Å². The summed E-state index contributed by atoms with van der Waals surface area (Å²) >= 11 is 12.4. The first-order chi connectivity index (χ1) is 20.1. The van der Waals surface area contributed by atoms with Gasteiger partial charge < -0.3 is 19.5 Å². The summed E-state index contributed by atoms with van der Waals surface area (Å²) in [5.74, 6) is -2.91. The summed E-state index contributed by atoms with van der Waals surface area (Å²) in [6, 6.07) is 8.78. The fourth-order valence-electron chi connectivity index (χ4n) is 3.57. The Kier molecular flexibility index (Phi) is 9.99. The van der Waals surface area contributed by atoms with Crippen LogP contribution in [-0.2, 0) is 14.3 Å². The van der Waals surface area contributed by atoms with Gasteiger partial charge in [-0.25, -0.2) is 9.78 Å². The summed E-state index contributed by atoms with van der Waals surface area (Å²) in [6.45, 7) is 3.19. The number of thioether (sulfide) groups is 1. The molecule has 11 nitrogen and oxygen atoms in total. The molecule has 3 amide bonds. The molecule has 0 bridgehead atoms. The molecule has 15 heteroatoms. The van der Waals surface area contributed by atoms with E-state index in [0.717, 1.165) is 11.1 Å². The summed E-state index contributed by atoms with van der Waals surface area (Å²) in [6.07, 6.45) is 2.31. The predicted molar refractivity (Wildman–Crippen MR) is 153 cm³/mol. The molecule has 1 aromatic heterocycles. The van der Waals surface area contributed by atoms with Gasteiger partial charge in [0.1, 0.15) is 6.54 Å². The second-order valence-corrected chi connectivity index (χ2v) is 10.0. The van der Waals surface area contributed by atoms with Gasteiger partial charge in [0.15, 0.2) is 11.5 Å². The zero-order valence-corrected chi connectivity index (χ0v) is 24.3. The molecule has 2 aromatic carbocycles. The van der Waals surface area contributed by atoms with Crippen LogP contribution in [0.25, 0.3) is 6.08 Å². The molecule has 3 aromatic rings. The molecule has 0 aliphatic carbocycles. The second-order valence-electron chi connectivity index (χ2n) is 8.26. The molecule has 42 heavy (non-hydrogen) atoms. The highest BCUT2D eigenvalue weighted by molar-refractivity contribution is 8.18. The van der Waals surface area contributed by atoms with E-state index < -0.39 is 41.3 Å². The van der Waals surface area contributed by atoms with E-state index in [4.69, 9.17) is 37.4 Å². The van der Waals surface area contributed by atoms with Gasteiger partial charge in [0.05, 0.1) is 34.9 Å². The average molecular weight is 635 g/mol. The number of carbonyl (C=O) groups is 4. The molecule has 1 aliphatic heterocycles. The third-order valence-electron chi connectivity index (χ3n) is 5.38. The minimum Gasteiger partial charge on any atom is -0.490 e. The fourth-order valence-corrected chi connectivity index (χ4v) is 4.73. The Morgan fingerprint density at radius 3 is 2.62 bits per heavy atom. The lowest BCUT2D eigenvalue weighted by Gasteiger charge is -2.13. The number of nitrogens with one attached hydrogen (secondary N) is 1. The number of esters is 1. The van der Waals surface area contributed by atoms with Gasteiger partial charge in [-0.1, -0.05) is 17.7 Å². The monoisotopic (exact) mass is 634 g/mol. The summed E-state index contributed by atoms with van der Waals surface area (Å²) in [5.41, 5.74) is 0.749. The van der Waals surface area contributed by atoms with Crippen molar-refractivity contribution in [2.24, 2.45) is 0 Å². The summed E-state index contributed by atoms with van der Waals surface area (Å²) < 4.78 is 30.1. The molecule has 4 rings (SSSR count).